The average Bonchev–Trinajstić information content (AvgIpc) is 1.65. The van der Waals surface area contributed by atoms with E-state index in [2.05, 4.69) is 0 Å². The Morgan fingerprint density at radius 1 is 1.75 bits per heavy atom. The summed E-state index contributed by atoms with van der Waals surface area (Å²) >= 11 is 0. The van der Waals surface area contributed by atoms with Gasteiger partial charge in [0.25, 0.3) is 0 Å². The fraction of sp³-hybridized carbons (Fsp3) is 0.667. The Morgan fingerprint density at radius 2 is 2.25 bits per heavy atom. The normalized spacial score (nSPS) is 16.2. The van der Waals surface area contributed by atoms with Crippen LogP contribution in [0, 0.1) is 0 Å². The van der Waals surface area contributed by atoms with Gasteiger partial charge in [0.1, 0.15) is 0 Å². The summed E-state index contributed by atoms with van der Waals surface area (Å²) in [5, 5.41) is 17.1. The Morgan fingerprint density at radius 3 is 2.38 bits per heavy atom. The van der Waals surface area contributed by atoms with E-state index in [1.165, 1.54) is 0 Å². The number of rotatable bonds is 2. The van der Waals surface area contributed by atoms with Crippen molar-refractivity contribution >= 4 is 0 Å². The van der Waals surface area contributed by atoms with Crippen molar-refractivity contribution < 1.29 is 10.2 Å². The van der Waals surface area contributed by atoms with Gasteiger partial charge in [0, 0.05) is 0 Å². The quantitative estimate of drug-likeness (QED) is 0.509. The highest BCUT2D eigenvalue weighted by molar-refractivity contribution is 5.00. The Balaban J connectivity index is 3.56. The van der Waals surface area contributed by atoms with E-state index in [4.69, 9.17) is 10.2 Å². The molecule has 0 aromatic carbocycles. The maximum Gasteiger partial charge on any atom is 0.0696 e. The average molecular weight is 116 g/mol. The Hall–Kier alpha value is -0.340. The van der Waals surface area contributed by atoms with Gasteiger partial charge in [0.05, 0.1) is 12.7 Å². The summed E-state index contributed by atoms with van der Waals surface area (Å²) in [4.78, 5) is 0. The molecule has 0 aromatic heterocycles. The second-order valence-corrected chi connectivity index (χ2v) is 1.91. The molecule has 0 aliphatic heterocycles. The summed E-state index contributed by atoms with van der Waals surface area (Å²) in [7, 11) is 0. The lowest BCUT2D eigenvalue weighted by Crippen LogP contribution is -1.96. The molecule has 0 aromatic rings. The third-order valence-electron chi connectivity index (χ3n) is 0.775. The lowest BCUT2D eigenvalue weighted by atomic mass is 10.2. The zero-order valence-electron chi connectivity index (χ0n) is 5.26. The number of aliphatic hydroxyl groups excluding tert-OH is 2. The van der Waals surface area contributed by atoms with Gasteiger partial charge in [-0.05, 0) is 19.4 Å². The summed E-state index contributed by atoms with van der Waals surface area (Å²) in [6.45, 7) is 3.46. The van der Waals surface area contributed by atoms with E-state index >= 15 is 0 Å². The fourth-order valence-electron chi connectivity index (χ4n) is 0.464. The van der Waals surface area contributed by atoms with Crippen LogP contribution < -0.4 is 0 Å². The van der Waals surface area contributed by atoms with E-state index in [0.29, 0.717) is 0 Å². The number of aliphatic hydroxyl groups is 2. The monoisotopic (exact) mass is 116 g/mol. The maximum absolute atomic E-state index is 8.67. The van der Waals surface area contributed by atoms with Crippen LogP contribution in [-0.2, 0) is 0 Å². The van der Waals surface area contributed by atoms with E-state index < -0.39 is 6.10 Å². The first-order valence-corrected chi connectivity index (χ1v) is 2.63. The molecular weight excluding hydrogens is 104 g/mol. The van der Waals surface area contributed by atoms with Gasteiger partial charge in [0.2, 0.25) is 0 Å². The van der Waals surface area contributed by atoms with Crippen LogP contribution in [0.3, 0.4) is 0 Å². The molecule has 48 valence electrons. The van der Waals surface area contributed by atoms with Gasteiger partial charge < -0.3 is 10.2 Å². The second-order valence-electron chi connectivity index (χ2n) is 1.91. The first-order chi connectivity index (χ1) is 3.66. The SMILES string of the molecule is C/C(=C/[C@H](C)O)CO. The minimum Gasteiger partial charge on any atom is -0.392 e. The molecule has 2 heteroatoms. The zero-order chi connectivity index (χ0) is 6.57. The van der Waals surface area contributed by atoms with Crippen molar-refractivity contribution in [2.75, 3.05) is 6.61 Å². The van der Waals surface area contributed by atoms with Gasteiger partial charge in [0.15, 0.2) is 0 Å². The summed E-state index contributed by atoms with van der Waals surface area (Å²) in [5.74, 6) is 0. The molecule has 0 spiro atoms. The summed E-state index contributed by atoms with van der Waals surface area (Å²) in [5.41, 5.74) is 0.806. The maximum atomic E-state index is 8.67. The Bertz CT molecular complexity index is 84.5. The summed E-state index contributed by atoms with van der Waals surface area (Å²) in [6.07, 6.45) is 1.17. The van der Waals surface area contributed by atoms with Crippen LogP contribution in [-0.4, -0.2) is 22.9 Å². The molecule has 0 aliphatic rings. The van der Waals surface area contributed by atoms with Gasteiger partial charge in [-0.25, -0.2) is 0 Å². The van der Waals surface area contributed by atoms with E-state index in [1.807, 2.05) is 0 Å². The molecule has 0 aliphatic carbocycles. The first kappa shape index (κ1) is 7.66. The highest BCUT2D eigenvalue weighted by Crippen LogP contribution is 1.92. The molecule has 0 rings (SSSR count). The molecule has 2 N–H and O–H groups in total. The van der Waals surface area contributed by atoms with E-state index in [-0.39, 0.29) is 6.61 Å². The molecule has 0 bridgehead atoms. The van der Waals surface area contributed by atoms with Crippen molar-refractivity contribution in [1.29, 1.82) is 0 Å². The lowest BCUT2D eigenvalue weighted by Gasteiger charge is -1.96. The van der Waals surface area contributed by atoms with Crippen LogP contribution in [0.5, 0.6) is 0 Å². The van der Waals surface area contributed by atoms with Crippen molar-refractivity contribution in [3.8, 4) is 0 Å². The number of hydrogen-bond donors (Lipinski definition) is 2. The summed E-state index contributed by atoms with van der Waals surface area (Å²) < 4.78 is 0. The standard InChI is InChI=1S/C6H12O2/c1-5(4-7)3-6(2)8/h3,6-8H,4H2,1-2H3/b5-3-/t6-/m0/s1. The molecule has 0 saturated heterocycles. The molecule has 8 heavy (non-hydrogen) atoms. The van der Waals surface area contributed by atoms with Gasteiger partial charge in [-0.15, -0.1) is 0 Å². The van der Waals surface area contributed by atoms with Crippen molar-refractivity contribution in [2.24, 2.45) is 0 Å². The van der Waals surface area contributed by atoms with E-state index in [1.54, 1.807) is 19.9 Å². The predicted molar refractivity (Wildman–Crippen MR) is 32.5 cm³/mol. The second kappa shape index (κ2) is 3.64. The van der Waals surface area contributed by atoms with Crippen LogP contribution in [0.1, 0.15) is 13.8 Å². The molecular formula is C6H12O2. The Labute approximate surface area is 49.5 Å². The van der Waals surface area contributed by atoms with Crippen LogP contribution in [0.2, 0.25) is 0 Å². The third kappa shape index (κ3) is 3.84. The highest BCUT2D eigenvalue weighted by atomic mass is 16.3. The van der Waals surface area contributed by atoms with Crippen LogP contribution in [0.25, 0.3) is 0 Å². The molecule has 0 heterocycles. The zero-order valence-corrected chi connectivity index (χ0v) is 5.26. The fourth-order valence-corrected chi connectivity index (χ4v) is 0.464. The van der Waals surface area contributed by atoms with E-state index in [0.717, 1.165) is 5.57 Å². The van der Waals surface area contributed by atoms with Gasteiger partial charge >= 0.3 is 0 Å². The smallest absolute Gasteiger partial charge is 0.0696 e. The molecule has 0 saturated carbocycles. The molecule has 2 nitrogen and oxygen atoms in total. The number of hydrogen-bond acceptors (Lipinski definition) is 2. The minimum atomic E-state index is -0.442. The molecule has 0 unspecified atom stereocenters. The Kier molecular flexibility index (Phi) is 3.48. The molecule has 0 amide bonds. The van der Waals surface area contributed by atoms with Crippen LogP contribution in [0.15, 0.2) is 11.6 Å². The van der Waals surface area contributed by atoms with Crippen molar-refractivity contribution in [3.63, 3.8) is 0 Å². The van der Waals surface area contributed by atoms with Gasteiger partial charge in [-0.3, -0.25) is 0 Å². The van der Waals surface area contributed by atoms with Crippen molar-refractivity contribution in [3.05, 3.63) is 11.6 Å². The highest BCUT2D eigenvalue weighted by Gasteiger charge is 1.88. The van der Waals surface area contributed by atoms with Crippen molar-refractivity contribution in [2.45, 2.75) is 20.0 Å². The van der Waals surface area contributed by atoms with E-state index in [9.17, 15) is 0 Å². The topological polar surface area (TPSA) is 40.5 Å². The minimum absolute atomic E-state index is 0.0326. The summed E-state index contributed by atoms with van der Waals surface area (Å²) in [6, 6.07) is 0. The lowest BCUT2D eigenvalue weighted by molar-refractivity contribution is 0.240. The van der Waals surface area contributed by atoms with Crippen molar-refractivity contribution in [1.82, 2.24) is 0 Å². The van der Waals surface area contributed by atoms with Crippen LogP contribution >= 0.6 is 0 Å². The first-order valence-electron chi connectivity index (χ1n) is 2.63. The molecule has 1 atom stereocenters. The largest absolute Gasteiger partial charge is 0.392 e. The molecule has 0 radical (unpaired) electrons. The van der Waals surface area contributed by atoms with Crippen LogP contribution in [0.4, 0.5) is 0 Å². The molecule has 0 fully saturated rings. The van der Waals surface area contributed by atoms with Gasteiger partial charge in [-0.1, -0.05) is 6.08 Å². The van der Waals surface area contributed by atoms with Gasteiger partial charge in [-0.2, -0.15) is 0 Å². The third-order valence-corrected chi connectivity index (χ3v) is 0.775. The predicted octanol–water partition coefficient (Wildman–Crippen LogP) is 0.306.